The summed E-state index contributed by atoms with van der Waals surface area (Å²) in [7, 11) is 0. The molecule has 1 amide bonds. The maximum atomic E-state index is 12.6. The average molecular weight is 362 g/mol. The van der Waals surface area contributed by atoms with Crippen LogP contribution in [-0.2, 0) is 0 Å². The predicted octanol–water partition coefficient (Wildman–Crippen LogP) is 5.41. The number of anilines is 1. The third-order valence-corrected chi connectivity index (χ3v) is 5.15. The van der Waals surface area contributed by atoms with Crippen LogP contribution in [-0.4, -0.2) is 17.5 Å². The topological polar surface area (TPSA) is 51.2 Å². The van der Waals surface area contributed by atoms with Crippen LogP contribution in [0.2, 0.25) is 0 Å². The van der Waals surface area contributed by atoms with Gasteiger partial charge in [0, 0.05) is 16.5 Å². The van der Waals surface area contributed by atoms with Crippen LogP contribution in [0.3, 0.4) is 0 Å². The molecule has 2 heterocycles. The monoisotopic (exact) mass is 362 g/mol. The maximum absolute atomic E-state index is 12.6. The number of carbonyl (C=O) groups is 1. The lowest BCUT2D eigenvalue weighted by molar-refractivity contribution is 0.103. The van der Waals surface area contributed by atoms with Crippen molar-refractivity contribution in [3.63, 3.8) is 0 Å². The van der Waals surface area contributed by atoms with Crippen LogP contribution in [0, 0.1) is 6.92 Å². The molecular formula is C21H18N2O2S. The second-order valence-electron chi connectivity index (χ2n) is 6.10. The number of aromatic nitrogens is 1. The van der Waals surface area contributed by atoms with Crippen LogP contribution in [0.25, 0.3) is 21.1 Å². The first-order valence-electron chi connectivity index (χ1n) is 8.47. The molecule has 5 heteroatoms. The van der Waals surface area contributed by atoms with E-state index in [1.165, 1.54) is 16.9 Å². The van der Waals surface area contributed by atoms with E-state index >= 15 is 0 Å². The summed E-state index contributed by atoms with van der Waals surface area (Å²) in [5.74, 6) is 0.663. The molecule has 0 atom stereocenters. The summed E-state index contributed by atoms with van der Waals surface area (Å²) < 4.78 is 5.42. The number of rotatable bonds is 4. The molecule has 1 N–H and O–H groups in total. The van der Waals surface area contributed by atoms with Crippen molar-refractivity contribution < 1.29 is 9.53 Å². The van der Waals surface area contributed by atoms with Gasteiger partial charge in [0.15, 0.2) is 0 Å². The molecule has 0 aliphatic carbocycles. The largest absolute Gasteiger partial charge is 0.494 e. The first kappa shape index (κ1) is 16.5. The summed E-state index contributed by atoms with van der Waals surface area (Å²) in [5.41, 5.74) is 2.88. The Morgan fingerprint density at radius 2 is 1.88 bits per heavy atom. The first-order chi connectivity index (χ1) is 12.6. The molecule has 0 saturated carbocycles. The van der Waals surface area contributed by atoms with Gasteiger partial charge in [0.1, 0.15) is 10.6 Å². The van der Waals surface area contributed by atoms with Gasteiger partial charge in [-0.15, -0.1) is 11.3 Å². The number of ether oxygens (including phenoxy) is 1. The molecule has 130 valence electrons. The molecule has 26 heavy (non-hydrogen) atoms. The van der Waals surface area contributed by atoms with Gasteiger partial charge in [0.25, 0.3) is 5.91 Å². The van der Waals surface area contributed by atoms with Gasteiger partial charge in [-0.05, 0) is 62.4 Å². The Morgan fingerprint density at radius 1 is 1.08 bits per heavy atom. The Hall–Kier alpha value is -2.92. The van der Waals surface area contributed by atoms with Crippen molar-refractivity contribution in [3.05, 3.63) is 65.0 Å². The fourth-order valence-electron chi connectivity index (χ4n) is 2.86. The van der Waals surface area contributed by atoms with Crippen molar-refractivity contribution in [3.8, 4) is 5.75 Å². The summed E-state index contributed by atoms with van der Waals surface area (Å²) >= 11 is 1.41. The number of nitrogens with zero attached hydrogens (tertiary/aromatic N) is 1. The van der Waals surface area contributed by atoms with Gasteiger partial charge in [-0.3, -0.25) is 4.79 Å². The Balaban J connectivity index is 1.61. The Kier molecular flexibility index (Phi) is 4.31. The van der Waals surface area contributed by atoms with Crippen molar-refractivity contribution in [2.75, 3.05) is 11.9 Å². The van der Waals surface area contributed by atoms with E-state index in [2.05, 4.69) is 29.4 Å². The van der Waals surface area contributed by atoms with Crippen molar-refractivity contribution in [1.82, 2.24) is 4.98 Å². The zero-order chi connectivity index (χ0) is 18.1. The minimum absolute atomic E-state index is 0.127. The number of pyridine rings is 1. The third kappa shape index (κ3) is 3.26. The molecule has 4 rings (SSSR count). The normalized spacial score (nSPS) is 11.0. The van der Waals surface area contributed by atoms with E-state index in [1.807, 2.05) is 49.4 Å². The fourth-order valence-corrected chi connectivity index (χ4v) is 3.78. The fraction of sp³-hybridized carbons (Fsp3) is 0.143. The number of hydrogen-bond donors (Lipinski definition) is 1. The number of carbonyl (C=O) groups excluding carboxylic acids is 1. The SMILES string of the molecule is CCOc1ccc(NC(=O)c2cc3cc4cc(C)ccc4nc3s2)cc1. The maximum Gasteiger partial charge on any atom is 0.265 e. The quantitative estimate of drug-likeness (QED) is 0.528. The Bertz CT molecular complexity index is 1100. The summed E-state index contributed by atoms with van der Waals surface area (Å²) in [6.45, 7) is 4.62. The molecule has 0 aliphatic rings. The molecule has 2 aromatic carbocycles. The molecule has 0 bridgehead atoms. The van der Waals surface area contributed by atoms with Crippen molar-refractivity contribution in [2.45, 2.75) is 13.8 Å². The molecule has 0 fully saturated rings. The smallest absolute Gasteiger partial charge is 0.265 e. The second-order valence-corrected chi connectivity index (χ2v) is 7.13. The van der Waals surface area contributed by atoms with Gasteiger partial charge in [0.05, 0.1) is 17.0 Å². The molecule has 2 aromatic heterocycles. The van der Waals surface area contributed by atoms with Gasteiger partial charge in [-0.1, -0.05) is 11.6 Å². The standard InChI is InChI=1S/C21H18N2O2S/c1-3-25-17-7-5-16(6-8-17)22-20(24)19-12-15-11-14-10-13(2)4-9-18(14)23-21(15)26-19/h4-12H,3H2,1-2H3,(H,22,24). The lowest BCUT2D eigenvalue weighted by atomic mass is 10.1. The van der Waals surface area contributed by atoms with Crippen LogP contribution in [0.15, 0.2) is 54.6 Å². The summed E-state index contributed by atoms with van der Waals surface area (Å²) in [6.07, 6.45) is 0. The van der Waals surface area contributed by atoms with Crippen LogP contribution in [0.4, 0.5) is 5.69 Å². The van der Waals surface area contributed by atoms with Crippen LogP contribution < -0.4 is 10.1 Å². The lowest BCUT2D eigenvalue weighted by Crippen LogP contribution is -2.09. The van der Waals surface area contributed by atoms with Gasteiger partial charge in [0.2, 0.25) is 0 Å². The molecule has 0 unspecified atom stereocenters. The van der Waals surface area contributed by atoms with E-state index in [0.717, 1.165) is 32.6 Å². The molecule has 0 radical (unpaired) electrons. The molecular weight excluding hydrogens is 344 g/mol. The van der Waals surface area contributed by atoms with E-state index in [4.69, 9.17) is 4.74 Å². The Morgan fingerprint density at radius 3 is 2.65 bits per heavy atom. The molecule has 0 saturated heterocycles. The summed E-state index contributed by atoms with van der Waals surface area (Å²) in [5, 5.41) is 5.01. The van der Waals surface area contributed by atoms with Gasteiger partial charge in [-0.2, -0.15) is 0 Å². The molecule has 4 nitrogen and oxygen atoms in total. The minimum atomic E-state index is -0.127. The van der Waals surface area contributed by atoms with Crippen LogP contribution >= 0.6 is 11.3 Å². The predicted molar refractivity (Wildman–Crippen MR) is 107 cm³/mol. The lowest BCUT2D eigenvalue weighted by Gasteiger charge is -2.06. The highest BCUT2D eigenvalue weighted by molar-refractivity contribution is 7.20. The van der Waals surface area contributed by atoms with Gasteiger partial charge >= 0.3 is 0 Å². The summed E-state index contributed by atoms with van der Waals surface area (Å²) in [6, 6.07) is 17.5. The highest BCUT2D eigenvalue weighted by atomic mass is 32.1. The molecule has 0 aliphatic heterocycles. The number of thiophene rings is 1. The van der Waals surface area contributed by atoms with Crippen LogP contribution in [0.5, 0.6) is 5.75 Å². The number of amides is 1. The van der Waals surface area contributed by atoms with E-state index < -0.39 is 0 Å². The van der Waals surface area contributed by atoms with Crippen molar-refractivity contribution in [1.29, 1.82) is 0 Å². The highest BCUT2D eigenvalue weighted by Gasteiger charge is 2.12. The average Bonchev–Trinajstić information content (AvgIpc) is 3.04. The molecule has 0 spiro atoms. The molecule has 4 aromatic rings. The van der Waals surface area contributed by atoms with Crippen LogP contribution in [0.1, 0.15) is 22.2 Å². The first-order valence-corrected chi connectivity index (χ1v) is 9.29. The van der Waals surface area contributed by atoms with Crippen molar-refractivity contribution >= 4 is 44.1 Å². The number of aryl methyl sites for hydroxylation is 1. The van der Waals surface area contributed by atoms with Crippen molar-refractivity contribution in [2.24, 2.45) is 0 Å². The zero-order valence-electron chi connectivity index (χ0n) is 14.6. The van der Waals surface area contributed by atoms with E-state index in [1.54, 1.807) is 0 Å². The third-order valence-electron chi connectivity index (χ3n) is 4.10. The highest BCUT2D eigenvalue weighted by Crippen LogP contribution is 2.28. The minimum Gasteiger partial charge on any atom is -0.494 e. The van der Waals surface area contributed by atoms with Gasteiger partial charge in [-0.25, -0.2) is 4.98 Å². The Labute approximate surface area is 155 Å². The number of fused-ring (bicyclic) bond motifs is 2. The van der Waals surface area contributed by atoms with E-state index in [-0.39, 0.29) is 5.91 Å². The van der Waals surface area contributed by atoms with E-state index in [0.29, 0.717) is 11.5 Å². The van der Waals surface area contributed by atoms with Gasteiger partial charge < -0.3 is 10.1 Å². The number of nitrogens with one attached hydrogen (secondary N) is 1. The summed E-state index contributed by atoms with van der Waals surface area (Å²) in [4.78, 5) is 18.8. The number of benzene rings is 2. The second kappa shape index (κ2) is 6.77. The zero-order valence-corrected chi connectivity index (χ0v) is 15.4. The number of hydrogen-bond acceptors (Lipinski definition) is 4. The van der Waals surface area contributed by atoms with E-state index in [9.17, 15) is 4.79 Å².